The summed E-state index contributed by atoms with van der Waals surface area (Å²) in [6.07, 6.45) is 4.77. The molecule has 0 saturated heterocycles. The summed E-state index contributed by atoms with van der Waals surface area (Å²) < 4.78 is 107. The Kier molecular flexibility index (Phi) is 11.1. The molecule has 0 aliphatic rings. The van der Waals surface area contributed by atoms with Crippen molar-refractivity contribution in [3.05, 3.63) is 247 Å². The smallest absolute Gasteiger partial charge is 0.147 e. The Morgan fingerprint density at radius 2 is 0.737 bits per heavy atom. The number of aromatic nitrogens is 5. The zero-order valence-electron chi connectivity index (χ0n) is 39.5. The quantitative estimate of drug-likeness (QED) is 0.112. The van der Waals surface area contributed by atoms with Gasteiger partial charge in [-0.2, -0.15) is 0 Å². The fraction of sp³-hybridized carbons (Fsp3) is 0. The lowest BCUT2D eigenvalue weighted by molar-refractivity contribution is 0.584. The van der Waals surface area contributed by atoms with Gasteiger partial charge in [0, 0.05) is 69.3 Å². The molecule has 0 unspecified atom stereocenters. The number of imidazole rings is 1. The molecule has 13 rings (SSSR count). The zero-order valence-corrected chi connectivity index (χ0v) is 39.5. The Bertz CT molecular complexity index is 4340. The van der Waals surface area contributed by atoms with Gasteiger partial charge in [0.25, 0.3) is 0 Å². The molecule has 0 atom stereocenters. The van der Waals surface area contributed by atoms with Crippen LogP contribution in [0.1, 0.15) is 0 Å². The van der Waals surface area contributed by atoms with Crippen molar-refractivity contribution >= 4 is 38.5 Å². The topological polar surface area (TPSA) is 56.0 Å². The molecule has 13 aromatic rings. The van der Waals surface area contributed by atoms with Gasteiger partial charge in [-0.1, -0.05) is 60.7 Å². The Morgan fingerprint density at radius 1 is 0.303 bits per heavy atom. The van der Waals surface area contributed by atoms with E-state index in [-0.39, 0.29) is 22.5 Å². The molecule has 12 heteroatoms. The Labute approximate surface area is 428 Å². The summed E-state index contributed by atoms with van der Waals surface area (Å²) >= 11 is 0. The summed E-state index contributed by atoms with van der Waals surface area (Å²) in [5.41, 5.74) is 10.7. The first-order chi connectivity index (χ1) is 37.0. The number of fused-ring (bicyclic) bond motifs is 8. The summed E-state index contributed by atoms with van der Waals surface area (Å²) in [6.45, 7) is 0. The number of para-hydroxylation sites is 3. The van der Waals surface area contributed by atoms with Crippen LogP contribution < -0.4 is 0 Å². The minimum absolute atomic E-state index is 0.0893. The minimum atomic E-state index is -0.787. The molecule has 0 radical (unpaired) electrons. The van der Waals surface area contributed by atoms with Crippen molar-refractivity contribution in [2.45, 2.75) is 0 Å². The van der Waals surface area contributed by atoms with Crippen LogP contribution in [0.3, 0.4) is 0 Å². The molecule has 76 heavy (non-hydrogen) atoms. The molecule has 5 nitrogen and oxygen atoms in total. The van der Waals surface area contributed by atoms with Crippen molar-refractivity contribution in [3.63, 3.8) is 0 Å². The Hall–Kier alpha value is -9.81. The normalized spacial score (nSPS) is 11.6. The molecule has 0 bridgehead atoms. The fourth-order valence-electron chi connectivity index (χ4n) is 10.3. The molecule has 364 valence electrons. The third-order valence-electron chi connectivity index (χ3n) is 13.8. The first kappa shape index (κ1) is 46.0. The molecule has 5 heterocycles. The number of benzene rings is 8. The van der Waals surface area contributed by atoms with E-state index in [1.807, 2.05) is 66.7 Å². The SMILES string of the molecule is Fc1ccc(-c2ccc(-c3ccc(F)cc3-c3cc(-c4cc(F)ccc4-c4ccc(-c5ccc(F)cc5F)nc4)cc(-c4cc(F)ccc4-c4cnc5c6ccccc6n6c7ccccc7nc6c5c4)c3)cn2)c(F)c1. The predicted octanol–water partition coefficient (Wildman–Crippen LogP) is 17.3. The molecule has 0 N–H and O–H groups in total. The fourth-order valence-corrected chi connectivity index (χ4v) is 10.3. The van der Waals surface area contributed by atoms with Crippen LogP contribution in [0.25, 0.3) is 128 Å². The predicted molar refractivity (Wildman–Crippen MR) is 284 cm³/mol. The summed E-state index contributed by atoms with van der Waals surface area (Å²) in [7, 11) is 0. The van der Waals surface area contributed by atoms with E-state index in [0.29, 0.717) is 72.4 Å². The average Bonchev–Trinajstić information content (AvgIpc) is 3.94. The Balaban J connectivity index is 1.02. The van der Waals surface area contributed by atoms with E-state index >= 15 is 13.2 Å². The number of nitrogens with zero attached hydrogens (tertiary/aromatic N) is 5. The summed E-state index contributed by atoms with van der Waals surface area (Å²) in [5.74, 6) is -4.72. The third kappa shape index (κ3) is 8.07. The maximum Gasteiger partial charge on any atom is 0.147 e. The van der Waals surface area contributed by atoms with E-state index < -0.39 is 40.7 Å². The van der Waals surface area contributed by atoms with Gasteiger partial charge in [0.15, 0.2) is 0 Å². The number of pyridine rings is 4. The lowest BCUT2D eigenvalue weighted by Gasteiger charge is -2.18. The van der Waals surface area contributed by atoms with Gasteiger partial charge in [-0.3, -0.25) is 19.4 Å². The second kappa shape index (κ2) is 18.3. The van der Waals surface area contributed by atoms with Crippen LogP contribution in [0, 0.1) is 40.7 Å². The number of rotatable bonds is 8. The van der Waals surface area contributed by atoms with Gasteiger partial charge in [0.2, 0.25) is 0 Å². The minimum Gasteiger partial charge on any atom is -0.292 e. The molecule has 0 aliphatic carbocycles. The van der Waals surface area contributed by atoms with Crippen molar-refractivity contribution in [3.8, 4) is 89.3 Å². The van der Waals surface area contributed by atoms with Gasteiger partial charge < -0.3 is 0 Å². The van der Waals surface area contributed by atoms with Gasteiger partial charge >= 0.3 is 0 Å². The molecule has 5 aromatic heterocycles. The Morgan fingerprint density at radius 3 is 1.22 bits per heavy atom. The maximum atomic E-state index is 16.0. The average molecular weight is 1010 g/mol. The van der Waals surface area contributed by atoms with Gasteiger partial charge in [-0.05, 0) is 165 Å². The van der Waals surface area contributed by atoms with E-state index in [1.165, 1.54) is 60.9 Å². The van der Waals surface area contributed by atoms with Crippen LogP contribution in [0.5, 0.6) is 0 Å². The standard InChI is InChI=1S/C64H34F7N5/c65-41-11-16-46(35-9-21-58(72-32-35)49-19-14-44(68)30-56(49)70)52(27-41)37-23-38(53-28-42(66)12-17-47(53)36-10-22-59(73-33-36)50-20-15-45(69)31-57(50)71)25-39(24-37)54-29-43(67)13-18-48(54)40-26-55-63(74-34-40)51-5-1-3-7-61(51)76-62-8-4-2-6-60(62)75-64(55)76/h1-34H. The second-order valence-electron chi connectivity index (χ2n) is 18.4. The van der Waals surface area contributed by atoms with Crippen LogP contribution in [-0.4, -0.2) is 24.3 Å². The van der Waals surface area contributed by atoms with Crippen LogP contribution in [0.2, 0.25) is 0 Å². The van der Waals surface area contributed by atoms with E-state index in [2.05, 4.69) is 14.4 Å². The maximum absolute atomic E-state index is 16.0. The largest absolute Gasteiger partial charge is 0.292 e. The summed E-state index contributed by atoms with van der Waals surface area (Å²) in [4.78, 5) is 19.2. The molecule has 0 fully saturated rings. The molecular formula is C64H34F7N5. The first-order valence-corrected chi connectivity index (χ1v) is 24.0. The van der Waals surface area contributed by atoms with Crippen molar-refractivity contribution in [1.82, 2.24) is 24.3 Å². The molecule has 8 aromatic carbocycles. The molecular weight excluding hydrogens is 972 g/mol. The monoisotopic (exact) mass is 1010 g/mol. The highest BCUT2D eigenvalue weighted by Crippen LogP contribution is 2.44. The van der Waals surface area contributed by atoms with Gasteiger partial charge in [-0.25, -0.2) is 35.7 Å². The molecule has 0 saturated carbocycles. The summed E-state index contributed by atoms with van der Waals surface area (Å²) in [5, 5.41) is 1.67. The molecule has 0 amide bonds. The van der Waals surface area contributed by atoms with E-state index in [4.69, 9.17) is 9.97 Å². The van der Waals surface area contributed by atoms with Crippen LogP contribution in [0.4, 0.5) is 30.7 Å². The van der Waals surface area contributed by atoms with Crippen molar-refractivity contribution < 1.29 is 30.7 Å². The highest BCUT2D eigenvalue weighted by molar-refractivity contribution is 6.13. The zero-order chi connectivity index (χ0) is 51.8. The number of halogens is 7. The van der Waals surface area contributed by atoms with Crippen LogP contribution in [0.15, 0.2) is 207 Å². The van der Waals surface area contributed by atoms with E-state index in [1.54, 1.807) is 54.7 Å². The summed E-state index contributed by atoms with van der Waals surface area (Å²) in [6, 6.07) is 49.2. The van der Waals surface area contributed by atoms with E-state index in [9.17, 15) is 17.6 Å². The van der Waals surface area contributed by atoms with Crippen LogP contribution in [-0.2, 0) is 0 Å². The van der Waals surface area contributed by atoms with Crippen molar-refractivity contribution in [2.24, 2.45) is 0 Å². The number of hydrogen-bond acceptors (Lipinski definition) is 4. The van der Waals surface area contributed by atoms with Gasteiger partial charge in [0.1, 0.15) is 46.4 Å². The van der Waals surface area contributed by atoms with Crippen molar-refractivity contribution in [2.75, 3.05) is 0 Å². The lowest BCUT2D eigenvalue weighted by atomic mass is 9.86. The first-order valence-electron chi connectivity index (χ1n) is 24.0. The highest BCUT2D eigenvalue weighted by Gasteiger charge is 2.21. The lowest BCUT2D eigenvalue weighted by Crippen LogP contribution is -1.96. The molecule has 0 spiro atoms. The van der Waals surface area contributed by atoms with Gasteiger partial charge in [-0.15, -0.1) is 0 Å². The van der Waals surface area contributed by atoms with E-state index in [0.717, 1.165) is 57.1 Å². The molecule has 0 aliphatic heterocycles. The van der Waals surface area contributed by atoms with Crippen LogP contribution >= 0.6 is 0 Å². The van der Waals surface area contributed by atoms with Crippen molar-refractivity contribution in [1.29, 1.82) is 0 Å². The highest BCUT2D eigenvalue weighted by atomic mass is 19.2. The third-order valence-corrected chi connectivity index (χ3v) is 13.8. The number of hydrogen-bond donors (Lipinski definition) is 0. The van der Waals surface area contributed by atoms with Gasteiger partial charge in [0.05, 0.1) is 33.5 Å². The second-order valence-corrected chi connectivity index (χ2v) is 18.4.